The van der Waals surface area contributed by atoms with Crippen molar-refractivity contribution in [1.82, 2.24) is 10.2 Å². The van der Waals surface area contributed by atoms with E-state index in [9.17, 15) is 18.0 Å². The molecule has 1 N–H and O–H groups in total. The second kappa shape index (κ2) is 14.7. The molecular weight excluding hydrogens is 581 g/mol. The van der Waals surface area contributed by atoms with Crippen LogP contribution in [0.25, 0.3) is 0 Å². The Morgan fingerprint density at radius 2 is 1.54 bits per heavy atom. The number of carbonyl (C=O) groups excluding carboxylic acids is 2. The lowest BCUT2D eigenvalue weighted by Gasteiger charge is -2.34. The molecule has 0 fully saturated rings. The minimum Gasteiger partial charge on any atom is -0.352 e. The molecule has 220 valence electrons. The molecule has 0 bridgehead atoms. The summed E-state index contributed by atoms with van der Waals surface area (Å²) in [5.41, 5.74) is 1.85. The minimum absolute atomic E-state index is 0.0385. The number of sulfonamides is 1. The van der Waals surface area contributed by atoms with E-state index in [1.807, 2.05) is 39.8 Å². The molecule has 0 unspecified atom stereocenters. The van der Waals surface area contributed by atoms with Crippen molar-refractivity contribution in [3.8, 4) is 0 Å². The van der Waals surface area contributed by atoms with Gasteiger partial charge in [0.05, 0.1) is 20.6 Å². The highest BCUT2D eigenvalue weighted by molar-refractivity contribution is 7.92. The molecule has 2 atom stereocenters. The predicted molar refractivity (Wildman–Crippen MR) is 166 cm³/mol. The molecule has 0 spiro atoms. The van der Waals surface area contributed by atoms with Gasteiger partial charge in [-0.2, -0.15) is 0 Å². The van der Waals surface area contributed by atoms with Crippen LogP contribution in [0.5, 0.6) is 0 Å². The first-order valence-electron chi connectivity index (χ1n) is 13.7. The zero-order chi connectivity index (χ0) is 30.2. The van der Waals surface area contributed by atoms with Gasteiger partial charge in [-0.3, -0.25) is 13.9 Å². The number of nitrogens with one attached hydrogen (secondary N) is 1. The third-order valence-electron chi connectivity index (χ3n) is 6.98. The van der Waals surface area contributed by atoms with Gasteiger partial charge in [0.2, 0.25) is 11.8 Å². The van der Waals surface area contributed by atoms with Gasteiger partial charge in [-0.15, -0.1) is 0 Å². The first-order chi connectivity index (χ1) is 19.5. The predicted octanol–water partition coefficient (Wildman–Crippen LogP) is 6.47. The number of aryl methyl sites for hydroxylation is 1. The van der Waals surface area contributed by atoms with Crippen molar-refractivity contribution >= 4 is 50.7 Å². The Hall–Kier alpha value is -3.07. The average Bonchev–Trinajstić information content (AvgIpc) is 2.97. The van der Waals surface area contributed by atoms with Gasteiger partial charge < -0.3 is 10.2 Å². The highest BCUT2D eigenvalue weighted by Crippen LogP contribution is 2.29. The number of hydrogen-bond donors (Lipinski definition) is 1. The molecule has 0 aliphatic carbocycles. The Labute approximate surface area is 253 Å². The number of amides is 2. The van der Waals surface area contributed by atoms with Gasteiger partial charge in [-0.05, 0) is 67.6 Å². The van der Waals surface area contributed by atoms with Crippen LogP contribution in [0.1, 0.15) is 51.7 Å². The largest absolute Gasteiger partial charge is 0.352 e. The Bertz CT molecular complexity index is 1450. The van der Waals surface area contributed by atoms with E-state index in [1.165, 1.54) is 17.0 Å². The number of para-hydroxylation sites is 1. The second-order valence-corrected chi connectivity index (χ2v) is 12.5. The summed E-state index contributed by atoms with van der Waals surface area (Å²) in [6.07, 6.45) is 1.61. The van der Waals surface area contributed by atoms with Crippen molar-refractivity contribution in [2.75, 3.05) is 10.8 Å². The van der Waals surface area contributed by atoms with Gasteiger partial charge in [0.1, 0.15) is 12.6 Å². The molecule has 0 saturated heterocycles. The summed E-state index contributed by atoms with van der Waals surface area (Å²) in [6.45, 7) is 7.14. The monoisotopic (exact) mass is 617 g/mol. The molecule has 3 aromatic carbocycles. The molecular formula is C31H37Cl2N3O4S. The first-order valence-corrected chi connectivity index (χ1v) is 15.9. The fourth-order valence-electron chi connectivity index (χ4n) is 4.48. The van der Waals surface area contributed by atoms with E-state index in [4.69, 9.17) is 23.2 Å². The third-order valence-corrected chi connectivity index (χ3v) is 9.49. The van der Waals surface area contributed by atoms with Crippen molar-refractivity contribution < 1.29 is 18.0 Å². The summed E-state index contributed by atoms with van der Waals surface area (Å²) >= 11 is 12.4. The number of nitrogens with zero attached hydrogens (tertiary/aromatic N) is 2. The summed E-state index contributed by atoms with van der Waals surface area (Å²) in [7, 11) is -4.13. The van der Waals surface area contributed by atoms with Crippen molar-refractivity contribution in [3.05, 3.63) is 94.0 Å². The van der Waals surface area contributed by atoms with Gasteiger partial charge in [0, 0.05) is 12.6 Å². The molecule has 0 aromatic heterocycles. The maximum atomic E-state index is 14.2. The van der Waals surface area contributed by atoms with Gasteiger partial charge >= 0.3 is 0 Å². The normalized spacial score (nSPS) is 12.8. The number of carbonyl (C=O) groups is 2. The Balaban J connectivity index is 2.10. The van der Waals surface area contributed by atoms with Crippen molar-refractivity contribution in [2.24, 2.45) is 0 Å². The first kappa shape index (κ1) is 32.4. The number of rotatable bonds is 13. The van der Waals surface area contributed by atoms with Gasteiger partial charge in [0.25, 0.3) is 10.0 Å². The van der Waals surface area contributed by atoms with E-state index < -0.39 is 28.5 Å². The zero-order valence-corrected chi connectivity index (χ0v) is 26.1. The zero-order valence-electron chi connectivity index (χ0n) is 23.8. The summed E-state index contributed by atoms with van der Waals surface area (Å²) < 4.78 is 29.1. The van der Waals surface area contributed by atoms with Crippen LogP contribution >= 0.6 is 23.2 Å². The second-order valence-electron chi connectivity index (χ2n) is 9.82. The van der Waals surface area contributed by atoms with Crippen molar-refractivity contribution in [1.29, 1.82) is 0 Å². The van der Waals surface area contributed by atoms with Crippen molar-refractivity contribution in [2.45, 2.75) is 70.5 Å². The van der Waals surface area contributed by atoms with Crippen LogP contribution in [0.4, 0.5) is 5.69 Å². The summed E-state index contributed by atoms with van der Waals surface area (Å²) in [5.74, 6) is -0.825. The molecule has 7 nitrogen and oxygen atoms in total. The maximum Gasteiger partial charge on any atom is 0.264 e. The van der Waals surface area contributed by atoms with Crippen LogP contribution in [0.15, 0.2) is 77.7 Å². The third kappa shape index (κ3) is 8.03. The van der Waals surface area contributed by atoms with Crippen molar-refractivity contribution in [3.63, 3.8) is 0 Å². The van der Waals surface area contributed by atoms with Crippen LogP contribution in [-0.4, -0.2) is 43.8 Å². The summed E-state index contributed by atoms with van der Waals surface area (Å²) in [4.78, 5) is 29.1. The highest BCUT2D eigenvalue weighted by Gasteiger charge is 2.34. The number of anilines is 1. The number of halogens is 2. The van der Waals surface area contributed by atoms with Crippen LogP contribution in [0.3, 0.4) is 0 Å². The van der Waals surface area contributed by atoms with Gasteiger partial charge in [-0.1, -0.05) is 86.4 Å². The van der Waals surface area contributed by atoms with Gasteiger partial charge in [-0.25, -0.2) is 8.42 Å². The Morgan fingerprint density at radius 3 is 2.15 bits per heavy atom. The van der Waals surface area contributed by atoms with E-state index >= 15 is 0 Å². The van der Waals surface area contributed by atoms with E-state index in [0.29, 0.717) is 34.1 Å². The Kier molecular flexibility index (Phi) is 11.6. The van der Waals surface area contributed by atoms with Crippen LogP contribution in [0.2, 0.25) is 10.0 Å². The lowest BCUT2D eigenvalue weighted by molar-refractivity contribution is -0.140. The van der Waals surface area contributed by atoms with E-state index in [1.54, 1.807) is 48.5 Å². The fourth-order valence-corrected chi connectivity index (χ4v) is 6.28. The molecule has 0 aliphatic heterocycles. The quantitative estimate of drug-likeness (QED) is 0.238. The lowest BCUT2D eigenvalue weighted by Crippen LogP contribution is -2.53. The fraction of sp³-hybridized carbons (Fsp3) is 0.355. The lowest BCUT2D eigenvalue weighted by atomic mass is 10.1. The summed E-state index contributed by atoms with van der Waals surface area (Å²) in [6, 6.07) is 19.2. The van der Waals surface area contributed by atoms with Crippen LogP contribution in [-0.2, 0) is 32.6 Å². The average molecular weight is 619 g/mol. The smallest absolute Gasteiger partial charge is 0.264 e. The van der Waals surface area contributed by atoms with E-state index in [0.717, 1.165) is 16.3 Å². The molecule has 0 aliphatic rings. The molecule has 10 heteroatoms. The SMILES string of the molecule is CCc1ccccc1N(CC(=O)N(Cc1ccc(Cl)c(Cl)c1)[C@H](CC)C(=O)N[C@@H](C)CC)S(=O)(=O)c1ccccc1. The van der Waals surface area contributed by atoms with Crippen LogP contribution in [0, 0.1) is 0 Å². The minimum atomic E-state index is -4.13. The number of hydrogen-bond acceptors (Lipinski definition) is 4. The van der Waals surface area contributed by atoms with E-state index in [-0.39, 0.29) is 23.4 Å². The van der Waals surface area contributed by atoms with Gasteiger partial charge in [0.15, 0.2) is 0 Å². The number of benzene rings is 3. The van der Waals surface area contributed by atoms with E-state index in [2.05, 4.69) is 5.32 Å². The Morgan fingerprint density at radius 1 is 0.878 bits per heavy atom. The van der Waals surface area contributed by atoms with Crippen LogP contribution < -0.4 is 9.62 Å². The summed E-state index contributed by atoms with van der Waals surface area (Å²) in [5, 5.41) is 3.65. The molecule has 0 radical (unpaired) electrons. The standard InChI is InChI=1S/C31H37Cl2N3O4S/c1-5-22(4)34-31(38)28(7-3)35(20-23-17-18-26(32)27(33)19-23)30(37)21-36(29-16-12-11-13-24(29)6-2)41(39,40)25-14-9-8-10-15-25/h8-19,22,28H,5-7,20-21H2,1-4H3,(H,34,38)/t22-,28+/m0/s1. The molecule has 3 rings (SSSR count). The topological polar surface area (TPSA) is 86.8 Å². The molecule has 41 heavy (non-hydrogen) atoms. The molecule has 3 aromatic rings. The molecule has 0 saturated carbocycles. The molecule has 0 heterocycles. The highest BCUT2D eigenvalue weighted by atomic mass is 35.5. The maximum absolute atomic E-state index is 14.2. The molecule has 2 amide bonds.